The Morgan fingerprint density at radius 1 is 1.58 bits per heavy atom. The second kappa shape index (κ2) is 6.17. The Morgan fingerprint density at radius 2 is 2.21 bits per heavy atom. The minimum atomic E-state index is -3.00. The van der Waals surface area contributed by atoms with Gasteiger partial charge in [0.1, 0.15) is 12.0 Å². The molecule has 0 spiro atoms. The molecule has 19 heavy (non-hydrogen) atoms. The molecule has 0 fully saturated rings. The maximum Gasteiger partial charge on any atom is 0.372 e. The first kappa shape index (κ1) is 14.9. The van der Waals surface area contributed by atoms with Crippen molar-refractivity contribution in [1.82, 2.24) is 4.98 Å². The van der Waals surface area contributed by atoms with Crippen LogP contribution in [-0.4, -0.2) is 22.5 Å². The molecule has 104 valence electrons. The minimum absolute atomic E-state index is 0.0644. The molecule has 0 bridgehead atoms. The van der Waals surface area contributed by atoms with Crippen LogP contribution in [0.2, 0.25) is 0 Å². The monoisotopic (exact) mass is 274 g/mol. The number of esters is 1. The lowest BCUT2D eigenvalue weighted by Gasteiger charge is -2.06. The first-order valence-electron chi connectivity index (χ1n) is 5.45. The second-order valence-electron chi connectivity index (χ2n) is 3.70. The van der Waals surface area contributed by atoms with Gasteiger partial charge in [0, 0.05) is 0 Å². The maximum atomic E-state index is 12.6. The van der Waals surface area contributed by atoms with Crippen molar-refractivity contribution in [1.29, 1.82) is 0 Å². The third-order valence-corrected chi connectivity index (χ3v) is 2.35. The molecule has 0 aliphatic rings. The average molecular weight is 274 g/mol. The van der Waals surface area contributed by atoms with E-state index in [2.05, 4.69) is 9.72 Å². The number of carbonyl (C=O) groups is 1. The van der Waals surface area contributed by atoms with Gasteiger partial charge in [-0.2, -0.15) is 0 Å². The summed E-state index contributed by atoms with van der Waals surface area (Å²) in [5, 5.41) is 10.7. The molecule has 0 saturated heterocycles. The van der Waals surface area contributed by atoms with Crippen LogP contribution in [0.5, 0.6) is 0 Å². The average Bonchev–Trinajstić information content (AvgIpc) is 2.31. The lowest BCUT2D eigenvalue weighted by molar-refractivity contribution is -0.391. The van der Waals surface area contributed by atoms with Gasteiger partial charge < -0.3 is 14.9 Å². The van der Waals surface area contributed by atoms with E-state index in [1.165, 1.54) is 6.92 Å². The predicted octanol–water partition coefficient (Wildman–Crippen LogP) is 2.34. The minimum Gasteiger partial charge on any atom is -0.466 e. The van der Waals surface area contributed by atoms with Gasteiger partial charge in [0.05, 0.1) is 6.61 Å². The first-order chi connectivity index (χ1) is 8.86. The molecule has 0 radical (unpaired) electrons. The lowest BCUT2D eigenvalue weighted by Crippen LogP contribution is -2.12. The number of aromatic nitrogens is 1. The largest absolute Gasteiger partial charge is 0.466 e. The van der Waals surface area contributed by atoms with Gasteiger partial charge >= 0.3 is 11.8 Å². The highest BCUT2D eigenvalue weighted by Crippen LogP contribution is 2.29. The topological polar surface area (TPSA) is 82.3 Å². The summed E-state index contributed by atoms with van der Waals surface area (Å²) in [6.45, 7) is 3.23. The van der Waals surface area contributed by atoms with Crippen LogP contribution >= 0.6 is 0 Å². The van der Waals surface area contributed by atoms with Gasteiger partial charge in [-0.3, -0.25) is 4.79 Å². The molecule has 0 unspecified atom stereocenters. The second-order valence-corrected chi connectivity index (χ2v) is 3.70. The van der Waals surface area contributed by atoms with Crippen molar-refractivity contribution >= 4 is 11.8 Å². The lowest BCUT2D eigenvalue weighted by atomic mass is 10.1. The number of nitro groups is 1. The smallest absolute Gasteiger partial charge is 0.372 e. The Balaban J connectivity index is 3.17. The number of aryl methyl sites for hydroxylation is 1. The van der Waals surface area contributed by atoms with E-state index in [4.69, 9.17) is 0 Å². The quantitative estimate of drug-likeness (QED) is 0.467. The molecule has 0 saturated carbocycles. The number of pyridine rings is 1. The van der Waals surface area contributed by atoms with Gasteiger partial charge in [0.15, 0.2) is 5.69 Å². The molecule has 8 heteroatoms. The molecule has 1 heterocycles. The molecule has 1 aromatic rings. The third kappa shape index (κ3) is 3.67. The summed E-state index contributed by atoms with van der Waals surface area (Å²) < 4.78 is 30.0. The summed E-state index contributed by atoms with van der Waals surface area (Å²) in [6.07, 6.45) is -3.28. The Hall–Kier alpha value is -2.12. The molecule has 0 aliphatic heterocycles. The summed E-state index contributed by atoms with van der Waals surface area (Å²) in [6, 6.07) is 0.977. The van der Waals surface area contributed by atoms with Crippen LogP contribution in [0.4, 0.5) is 14.6 Å². The third-order valence-electron chi connectivity index (χ3n) is 2.35. The van der Waals surface area contributed by atoms with Crippen LogP contribution in [0.1, 0.15) is 30.2 Å². The summed E-state index contributed by atoms with van der Waals surface area (Å²) in [5.41, 5.74) is -0.404. The van der Waals surface area contributed by atoms with E-state index in [1.54, 1.807) is 6.92 Å². The van der Waals surface area contributed by atoms with Crippen molar-refractivity contribution in [2.75, 3.05) is 6.61 Å². The van der Waals surface area contributed by atoms with Crippen molar-refractivity contribution in [3.63, 3.8) is 0 Å². The van der Waals surface area contributed by atoms with Gasteiger partial charge in [0.25, 0.3) is 6.43 Å². The Morgan fingerprint density at radius 3 is 2.68 bits per heavy atom. The van der Waals surface area contributed by atoms with Gasteiger partial charge in [-0.05, 0) is 35.4 Å². The fourth-order valence-corrected chi connectivity index (χ4v) is 1.50. The van der Waals surface area contributed by atoms with E-state index in [0.29, 0.717) is 0 Å². The molecule has 0 amide bonds. The molecule has 1 rings (SSSR count). The van der Waals surface area contributed by atoms with E-state index < -0.39 is 28.7 Å². The molecule has 0 aliphatic carbocycles. The highest BCUT2D eigenvalue weighted by molar-refractivity contribution is 5.72. The number of halogens is 2. The van der Waals surface area contributed by atoms with Crippen LogP contribution in [0.25, 0.3) is 0 Å². The van der Waals surface area contributed by atoms with Crippen molar-refractivity contribution in [3.8, 4) is 0 Å². The predicted molar refractivity (Wildman–Crippen MR) is 60.9 cm³/mol. The number of hydrogen-bond acceptors (Lipinski definition) is 5. The van der Waals surface area contributed by atoms with Crippen molar-refractivity contribution in [3.05, 3.63) is 33.0 Å². The number of alkyl halides is 2. The number of carbonyl (C=O) groups excluding carboxylic acids is 1. The Labute approximate surface area is 107 Å². The summed E-state index contributed by atoms with van der Waals surface area (Å²) in [5.74, 6) is -1.54. The van der Waals surface area contributed by atoms with Crippen molar-refractivity contribution < 1.29 is 23.2 Å². The van der Waals surface area contributed by atoms with Gasteiger partial charge in [-0.15, -0.1) is 0 Å². The van der Waals surface area contributed by atoms with Gasteiger partial charge in [-0.1, -0.05) is 0 Å². The zero-order valence-corrected chi connectivity index (χ0v) is 10.4. The van der Waals surface area contributed by atoms with Crippen molar-refractivity contribution in [2.24, 2.45) is 0 Å². The molecule has 0 aromatic carbocycles. The zero-order chi connectivity index (χ0) is 14.6. The van der Waals surface area contributed by atoms with Crippen LogP contribution in [-0.2, 0) is 16.0 Å². The van der Waals surface area contributed by atoms with Gasteiger partial charge in [-0.25, -0.2) is 8.78 Å². The van der Waals surface area contributed by atoms with Gasteiger partial charge in [0.2, 0.25) is 0 Å². The van der Waals surface area contributed by atoms with Crippen LogP contribution < -0.4 is 0 Å². The summed E-state index contributed by atoms with van der Waals surface area (Å²) >= 11 is 0. The number of hydrogen-bond donors (Lipinski definition) is 0. The van der Waals surface area contributed by atoms with E-state index in [1.807, 2.05) is 0 Å². The molecule has 6 nitrogen and oxygen atoms in total. The fourth-order valence-electron chi connectivity index (χ4n) is 1.50. The van der Waals surface area contributed by atoms with E-state index in [0.717, 1.165) is 6.07 Å². The van der Waals surface area contributed by atoms with Crippen LogP contribution in [0, 0.1) is 17.0 Å². The highest BCUT2D eigenvalue weighted by atomic mass is 19.3. The normalized spacial score (nSPS) is 10.6. The zero-order valence-electron chi connectivity index (χ0n) is 10.4. The Kier molecular flexibility index (Phi) is 4.85. The Bertz CT molecular complexity index is 506. The standard InChI is InChI=1S/C11H12F2N2O4/c1-3-19-9(16)5-8-6(2)4-7(10(12)13)11(14-8)15(17)18/h4,10H,3,5H2,1-2H3. The highest BCUT2D eigenvalue weighted by Gasteiger charge is 2.27. The fraction of sp³-hybridized carbons (Fsp3) is 0.455. The van der Waals surface area contributed by atoms with Crippen LogP contribution in [0.15, 0.2) is 6.07 Å². The van der Waals surface area contributed by atoms with Crippen molar-refractivity contribution in [2.45, 2.75) is 26.7 Å². The van der Waals surface area contributed by atoms with E-state index >= 15 is 0 Å². The maximum absolute atomic E-state index is 12.6. The molecule has 0 N–H and O–H groups in total. The van der Waals surface area contributed by atoms with Crippen LogP contribution in [0.3, 0.4) is 0 Å². The molecular weight excluding hydrogens is 262 g/mol. The number of ether oxygens (including phenoxy) is 1. The first-order valence-corrected chi connectivity index (χ1v) is 5.45. The summed E-state index contributed by atoms with van der Waals surface area (Å²) in [4.78, 5) is 24.5. The van der Waals surface area contributed by atoms with E-state index in [-0.39, 0.29) is 24.3 Å². The number of rotatable bonds is 5. The molecule has 1 aromatic heterocycles. The number of nitrogens with zero attached hydrogens (tertiary/aromatic N) is 2. The molecule has 0 atom stereocenters. The SMILES string of the molecule is CCOC(=O)Cc1nc([N+](=O)[O-])c(C(F)F)cc1C. The molecular formula is C11H12F2N2O4. The van der Waals surface area contributed by atoms with E-state index in [9.17, 15) is 23.7 Å². The summed E-state index contributed by atoms with van der Waals surface area (Å²) in [7, 11) is 0.